The molecule has 1 fully saturated rings. The number of pyridine rings is 1. The van der Waals surface area contributed by atoms with Crippen LogP contribution in [0.1, 0.15) is 26.5 Å². The molecular weight excluding hydrogens is 228 g/mol. The highest BCUT2D eigenvalue weighted by molar-refractivity contribution is 5.45. The standard InChI is InChI=1S/C12H18N2O2.C2H6/c1-2-10-3-4-11(7-13-10)14-5-6-16-12(8-14)9-15;1-2/h3-4,7,12,15H,2,5-6,8-9H2,1H3;1-2H3. The van der Waals surface area contributed by atoms with Gasteiger partial charge in [0.05, 0.1) is 31.2 Å². The van der Waals surface area contributed by atoms with Crippen molar-refractivity contribution in [2.45, 2.75) is 33.3 Å². The molecule has 18 heavy (non-hydrogen) atoms. The molecule has 2 rings (SSSR count). The van der Waals surface area contributed by atoms with Crippen LogP contribution in [0.15, 0.2) is 18.3 Å². The quantitative estimate of drug-likeness (QED) is 0.892. The van der Waals surface area contributed by atoms with Gasteiger partial charge >= 0.3 is 0 Å². The van der Waals surface area contributed by atoms with E-state index in [2.05, 4.69) is 28.9 Å². The normalized spacial score (nSPS) is 19.1. The van der Waals surface area contributed by atoms with E-state index in [1.807, 2.05) is 20.0 Å². The first-order chi connectivity index (χ1) is 8.83. The molecule has 0 amide bonds. The van der Waals surface area contributed by atoms with Crippen molar-refractivity contribution in [2.75, 3.05) is 31.2 Å². The molecule has 0 aliphatic carbocycles. The summed E-state index contributed by atoms with van der Waals surface area (Å²) in [4.78, 5) is 6.58. The zero-order chi connectivity index (χ0) is 13.4. The van der Waals surface area contributed by atoms with Crippen molar-refractivity contribution >= 4 is 5.69 Å². The minimum atomic E-state index is -0.0698. The summed E-state index contributed by atoms with van der Waals surface area (Å²) in [7, 11) is 0. The Morgan fingerprint density at radius 2 is 2.22 bits per heavy atom. The van der Waals surface area contributed by atoms with Crippen molar-refractivity contribution in [1.82, 2.24) is 4.98 Å². The molecule has 1 aliphatic heterocycles. The summed E-state index contributed by atoms with van der Waals surface area (Å²) in [6.07, 6.45) is 2.79. The minimum absolute atomic E-state index is 0.0698. The molecule has 1 aromatic heterocycles. The van der Waals surface area contributed by atoms with Crippen LogP contribution in [-0.4, -0.2) is 42.5 Å². The molecule has 0 radical (unpaired) electrons. The molecule has 4 nitrogen and oxygen atoms in total. The van der Waals surface area contributed by atoms with Crippen LogP contribution in [0.4, 0.5) is 5.69 Å². The van der Waals surface area contributed by atoms with Crippen LogP contribution in [0.2, 0.25) is 0 Å². The third-order valence-electron chi connectivity index (χ3n) is 2.88. The first-order valence-electron chi connectivity index (χ1n) is 6.75. The molecule has 1 atom stereocenters. The Morgan fingerprint density at radius 3 is 2.78 bits per heavy atom. The van der Waals surface area contributed by atoms with E-state index in [4.69, 9.17) is 9.84 Å². The highest BCUT2D eigenvalue weighted by atomic mass is 16.5. The molecule has 1 N–H and O–H groups in total. The Bertz CT molecular complexity index is 327. The molecule has 1 aromatic rings. The van der Waals surface area contributed by atoms with Gasteiger partial charge in [-0.2, -0.15) is 0 Å². The first kappa shape index (κ1) is 14.9. The van der Waals surface area contributed by atoms with E-state index in [1.54, 1.807) is 0 Å². The third kappa shape index (κ3) is 3.96. The van der Waals surface area contributed by atoms with Gasteiger partial charge < -0.3 is 14.7 Å². The molecule has 2 heterocycles. The fourth-order valence-electron chi connectivity index (χ4n) is 1.88. The van der Waals surface area contributed by atoms with Crippen LogP contribution in [0.3, 0.4) is 0 Å². The lowest BCUT2D eigenvalue weighted by Gasteiger charge is -2.33. The maximum Gasteiger partial charge on any atom is 0.0980 e. The van der Waals surface area contributed by atoms with Crippen molar-refractivity contribution in [1.29, 1.82) is 0 Å². The average molecular weight is 252 g/mol. The van der Waals surface area contributed by atoms with E-state index in [1.165, 1.54) is 0 Å². The van der Waals surface area contributed by atoms with Crippen LogP contribution >= 0.6 is 0 Å². The topological polar surface area (TPSA) is 45.6 Å². The summed E-state index contributed by atoms with van der Waals surface area (Å²) in [5.74, 6) is 0. The molecule has 102 valence electrons. The van der Waals surface area contributed by atoms with Gasteiger partial charge in [0, 0.05) is 18.8 Å². The van der Waals surface area contributed by atoms with Crippen molar-refractivity contribution in [3.63, 3.8) is 0 Å². The number of aliphatic hydroxyl groups excluding tert-OH is 1. The lowest BCUT2D eigenvalue weighted by Crippen LogP contribution is -2.44. The highest BCUT2D eigenvalue weighted by Crippen LogP contribution is 2.16. The van der Waals surface area contributed by atoms with E-state index in [0.29, 0.717) is 6.61 Å². The zero-order valence-electron chi connectivity index (χ0n) is 11.6. The molecule has 0 saturated carbocycles. The maximum atomic E-state index is 9.07. The predicted molar refractivity (Wildman–Crippen MR) is 74.0 cm³/mol. The van der Waals surface area contributed by atoms with Gasteiger partial charge in [-0.15, -0.1) is 0 Å². The maximum absolute atomic E-state index is 9.07. The van der Waals surface area contributed by atoms with Gasteiger partial charge in [-0.3, -0.25) is 4.98 Å². The molecule has 1 unspecified atom stereocenters. The Hall–Kier alpha value is -1.13. The van der Waals surface area contributed by atoms with Gasteiger partial charge in [0.2, 0.25) is 0 Å². The predicted octanol–water partition coefficient (Wildman–Crippen LogP) is 1.87. The Balaban J connectivity index is 0.000000771. The number of anilines is 1. The van der Waals surface area contributed by atoms with Gasteiger partial charge in [-0.25, -0.2) is 0 Å². The zero-order valence-corrected chi connectivity index (χ0v) is 11.6. The molecule has 0 spiro atoms. The van der Waals surface area contributed by atoms with Crippen LogP contribution in [-0.2, 0) is 11.2 Å². The Morgan fingerprint density at radius 1 is 1.44 bits per heavy atom. The van der Waals surface area contributed by atoms with E-state index >= 15 is 0 Å². The van der Waals surface area contributed by atoms with Crippen molar-refractivity contribution in [3.05, 3.63) is 24.0 Å². The van der Waals surface area contributed by atoms with Crippen LogP contribution in [0.5, 0.6) is 0 Å². The van der Waals surface area contributed by atoms with Gasteiger partial charge in [0.25, 0.3) is 0 Å². The lowest BCUT2D eigenvalue weighted by atomic mass is 10.2. The monoisotopic (exact) mass is 252 g/mol. The number of ether oxygens (including phenoxy) is 1. The second-order valence-electron chi connectivity index (χ2n) is 3.98. The fourth-order valence-corrected chi connectivity index (χ4v) is 1.88. The number of morpholine rings is 1. The van der Waals surface area contributed by atoms with E-state index in [-0.39, 0.29) is 12.7 Å². The summed E-state index contributed by atoms with van der Waals surface area (Å²) < 4.78 is 5.41. The van der Waals surface area contributed by atoms with Gasteiger partial charge in [-0.05, 0) is 18.6 Å². The number of aromatic nitrogens is 1. The SMILES string of the molecule is CC.CCc1ccc(N2CCOC(CO)C2)cn1. The van der Waals surface area contributed by atoms with Crippen LogP contribution in [0.25, 0.3) is 0 Å². The minimum Gasteiger partial charge on any atom is -0.394 e. The van der Waals surface area contributed by atoms with E-state index in [0.717, 1.165) is 30.9 Å². The summed E-state index contributed by atoms with van der Waals surface area (Å²) in [6.45, 7) is 8.45. The molecule has 0 bridgehead atoms. The van der Waals surface area contributed by atoms with Gasteiger partial charge in [0.15, 0.2) is 0 Å². The van der Waals surface area contributed by atoms with Gasteiger partial charge in [-0.1, -0.05) is 20.8 Å². The van der Waals surface area contributed by atoms with Crippen molar-refractivity contribution in [2.24, 2.45) is 0 Å². The first-order valence-corrected chi connectivity index (χ1v) is 6.75. The average Bonchev–Trinajstić information content (AvgIpc) is 2.49. The summed E-state index contributed by atoms with van der Waals surface area (Å²) in [6, 6.07) is 4.14. The molecule has 4 heteroatoms. The van der Waals surface area contributed by atoms with Gasteiger partial charge in [0.1, 0.15) is 0 Å². The van der Waals surface area contributed by atoms with E-state index in [9.17, 15) is 0 Å². The van der Waals surface area contributed by atoms with Crippen LogP contribution < -0.4 is 4.90 Å². The molecule has 1 saturated heterocycles. The number of nitrogens with zero attached hydrogens (tertiary/aromatic N) is 2. The second-order valence-corrected chi connectivity index (χ2v) is 3.98. The number of hydrogen-bond acceptors (Lipinski definition) is 4. The molecular formula is C14H24N2O2. The van der Waals surface area contributed by atoms with Crippen molar-refractivity contribution in [3.8, 4) is 0 Å². The number of aliphatic hydroxyl groups is 1. The lowest BCUT2D eigenvalue weighted by molar-refractivity contribution is 0.00355. The highest BCUT2D eigenvalue weighted by Gasteiger charge is 2.19. The Kier molecular flexibility index (Phi) is 6.68. The third-order valence-corrected chi connectivity index (χ3v) is 2.88. The molecule has 1 aliphatic rings. The summed E-state index contributed by atoms with van der Waals surface area (Å²) >= 11 is 0. The largest absolute Gasteiger partial charge is 0.394 e. The number of aryl methyl sites for hydroxylation is 1. The smallest absolute Gasteiger partial charge is 0.0980 e. The number of rotatable bonds is 3. The Labute approximate surface area is 110 Å². The summed E-state index contributed by atoms with van der Waals surface area (Å²) in [5.41, 5.74) is 2.22. The number of hydrogen-bond donors (Lipinski definition) is 1. The molecule has 0 aromatic carbocycles. The van der Waals surface area contributed by atoms with Crippen LogP contribution in [0, 0.1) is 0 Å². The van der Waals surface area contributed by atoms with Crippen molar-refractivity contribution < 1.29 is 9.84 Å². The summed E-state index contributed by atoms with van der Waals surface area (Å²) in [5, 5.41) is 9.07. The van der Waals surface area contributed by atoms with E-state index < -0.39 is 0 Å². The second kappa shape index (κ2) is 8.06. The fraction of sp³-hybridized carbons (Fsp3) is 0.643.